The molecular weight excluding hydrogens is 423 g/mol. The van der Waals surface area contributed by atoms with Gasteiger partial charge in [-0.05, 0) is 64.8 Å². The summed E-state index contributed by atoms with van der Waals surface area (Å²) < 4.78 is 23.4. The number of halogens is 1. The first-order chi connectivity index (χ1) is 15.7. The van der Waals surface area contributed by atoms with Crippen LogP contribution in [-0.2, 0) is 4.79 Å². The quantitative estimate of drug-likeness (QED) is 0.659. The van der Waals surface area contributed by atoms with Crippen molar-refractivity contribution in [3.05, 3.63) is 33.9 Å². The molecule has 2 aromatic rings. The molecule has 1 N–H and O–H groups in total. The molecule has 1 aliphatic heterocycles. The van der Waals surface area contributed by atoms with Gasteiger partial charge in [-0.1, -0.05) is 0 Å². The van der Waals surface area contributed by atoms with Gasteiger partial charge in [0.25, 0.3) is 5.56 Å². The maximum Gasteiger partial charge on any atom is 0.255 e. The summed E-state index contributed by atoms with van der Waals surface area (Å²) in [6.07, 6.45) is 2.80. The van der Waals surface area contributed by atoms with E-state index in [0.717, 1.165) is 30.3 Å². The summed E-state index contributed by atoms with van der Waals surface area (Å²) in [5.74, 6) is 0.339. The summed E-state index contributed by atoms with van der Waals surface area (Å²) in [4.78, 5) is 28.6. The fourth-order valence-electron chi connectivity index (χ4n) is 5.00. The normalized spacial score (nSPS) is 19.4. The number of amides is 1. The Hall–Kier alpha value is -2.61. The largest absolute Gasteiger partial charge is 0.491 e. The first-order valence-corrected chi connectivity index (χ1v) is 11.8. The third-order valence-corrected chi connectivity index (χ3v) is 6.85. The Balaban J connectivity index is 1.74. The molecule has 0 bridgehead atoms. The molecule has 180 valence electrons. The number of nitrogens with one attached hydrogen (secondary N) is 1. The van der Waals surface area contributed by atoms with Gasteiger partial charge in [-0.25, -0.2) is 4.39 Å². The number of carbonyl (C=O) groups is 1. The molecule has 2 fully saturated rings. The summed E-state index contributed by atoms with van der Waals surface area (Å²) in [5.41, 5.74) is 2.02. The van der Waals surface area contributed by atoms with Crippen molar-refractivity contribution >= 4 is 22.5 Å². The van der Waals surface area contributed by atoms with E-state index < -0.39 is 0 Å². The summed E-state index contributed by atoms with van der Waals surface area (Å²) in [5, 5.41) is 3.62. The topological polar surface area (TPSA) is 66.8 Å². The molecule has 8 heteroatoms. The third kappa shape index (κ3) is 4.86. The number of rotatable bonds is 8. The Morgan fingerprint density at radius 1 is 1.30 bits per heavy atom. The van der Waals surface area contributed by atoms with Crippen LogP contribution in [0.4, 0.5) is 10.1 Å². The van der Waals surface area contributed by atoms with Gasteiger partial charge in [0.15, 0.2) is 0 Å². The van der Waals surface area contributed by atoms with Gasteiger partial charge in [0.2, 0.25) is 5.91 Å². The zero-order valence-electron chi connectivity index (χ0n) is 20.3. The third-order valence-electron chi connectivity index (χ3n) is 6.85. The predicted molar refractivity (Wildman–Crippen MR) is 129 cm³/mol. The monoisotopic (exact) mass is 458 g/mol. The lowest BCUT2D eigenvalue weighted by molar-refractivity contribution is -0.119. The Morgan fingerprint density at radius 3 is 2.67 bits per heavy atom. The Labute approximate surface area is 194 Å². The van der Waals surface area contributed by atoms with Crippen LogP contribution in [0.25, 0.3) is 10.9 Å². The highest BCUT2D eigenvalue weighted by Gasteiger charge is 2.33. The first kappa shape index (κ1) is 23.5. The van der Waals surface area contributed by atoms with Crippen molar-refractivity contribution < 1.29 is 13.9 Å². The molecule has 1 aromatic carbocycles. The number of aryl methyl sites for hydroxylation is 1. The maximum atomic E-state index is 15.6. The lowest BCUT2D eigenvalue weighted by Gasteiger charge is -2.26. The van der Waals surface area contributed by atoms with Crippen molar-refractivity contribution in [2.24, 2.45) is 5.92 Å². The lowest BCUT2D eigenvalue weighted by atomic mass is 10.0. The molecule has 2 aliphatic rings. The molecule has 2 atom stereocenters. The minimum Gasteiger partial charge on any atom is -0.491 e. The van der Waals surface area contributed by atoms with Gasteiger partial charge in [0, 0.05) is 50.1 Å². The van der Waals surface area contributed by atoms with E-state index in [1.807, 2.05) is 37.4 Å². The predicted octanol–water partition coefficient (Wildman–Crippen LogP) is 3.08. The fourth-order valence-corrected chi connectivity index (χ4v) is 5.00. The highest BCUT2D eigenvalue weighted by Crippen LogP contribution is 2.42. The number of likely N-dealkylation sites (N-methyl/N-ethyl adjacent to an activating group) is 1. The number of fused-ring (bicyclic) bond motifs is 1. The van der Waals surface area contributed by atoms with Crippen LogP contribution in [0.5, 0.6) is 5.75 Å². The summed E-state index contributed by atoms with van der Waals surface area (Å²) in [6, 6.07) is 3.23. The molecule has 1 amide bonds. The van der Waals surface area contributed by atoms with Gasteiger partial charge >= 0.3 is 0 Å². The van der Waals surface area contributed by atoms with Crippen LogP contribution >= 0.6 is 0 Å². The second-order valence-electron chi connectivity index (χ2n) is 9.81. The molecule has 1 saturated carbocycles. The van der Waals surface area contributed by atoms with Gasteiger partial charge in [0.1, 0.15) is 18.2 Å². The van der Waals surface area contributed by atoms with E-state index >= 15 is 4.39 Å². The van der Waals surface area contributed by atoms with Gasteiger partial charge < -0.3 is 24.4 Å². The average Bonchev–Trinajstić information content (AvgIpc) is 3.44. The molecule has 1 aliphatic carbocycles. The van der Waals surface area contributed by atoms with Gasteiger partial charge in [0.05, 0.1) is 11.2 Å². The number of carbonyl (C=O) groups excluding carboxylic acids is 1. The summed E-state index contributed by atoms with van der Waals surface area (Å²) in [6.45, 7) is 7.93. The second kappa shape index (κ2) is 9.33. The first-order valence-electron chi connectivity index (χ1n) is 11.8. The Kier molecular flexibility index (Phi) is 6.66. The van der Waals surface area contributed by atoms with Crippen molar-refractivity contribution in [1.82, 2.24) is 14.8 Å². The van der Waals surface area contributed by atoms with E-state index in [9.17, 15) is 9.59 Å². The number of pyridine rings is 1. The molecule has 0 spiro atoms. The van der Waals surface area contributed by atoms with E-state index in [0.29, 0.717) is 43.1 Å². The van der Waals surface area contributed by atoms with Crippen molar-refractivity contribution in [1.29, 1.82) is 0 Å². The zero-order chi connectivity index (χ0) is 23.9. The number of hydrogen-bond acceptors (Lipinski definition) is 5. The molecule has 33 heavy (non-hydrogen) atoms. The van der Waals surface area contributed by atoms with E-state index in [-0.39, 0.29) is 35.3 Å². The van der Waals surface area contributed by atoms with Gasteiger partial charge in [-0.15, -0.1) is 0 Å². The van der Waals surface area contributed by atoms with Crippen LogP contribution in [0.1, 0.15) is 44.7 Å². The number of benzene rings is 1. The van der Waals surface area contributed by atoms with Gasteiger partial charge in [-0.3, -0.25) is 9.59 Å². The molecule has 4 rings (SSSR count). The van der Waals surface area contributed by atoms with Crippen LogP contribution < -0.4 is 20.5 Å². The Morgan fingerprint density at radius 2 is 2.03 bits per heavy atom. The van der Waals surface area contributed by atoms with Crippen molar-refractivity contribution in [2.45, 2.75) is 52.1 Å². The van der Waals surface area contributed by atoms with Crippen molar-refractivity contribution in [2.75, 3.05) is 45.2 Å². The smallest absolute Gasteiger partial charge is 0.255 e. The van der Waals surface area contributed by atoms with Crippen LogP contribution in [0, 0.1) is 18.7 Å². The van der Waals surface area contributed by atoms with Crippen molar-refractivity contribution in [3.8, 4) is 5.75 Å². The number of nitrogens with zero attached hydrogens (tertiary/aromatic N) is 3. The van der Waals surface area contributed by atoms with E-state index in [1.165, 1.54) is 19.1 Å². The molecule has 2 heterocycles. The molecule has 1 aromatic heterocycles. The Bertz CT molecular complexity index is 1110. The standard InChI is InChI=1S/C25H35FN4O3/c1-15-24-20(22(33-11-10-28(4)5)13-23(32)30(24)19-6-7-19)12-21(26)25(15)29-9-8-18(14-29)16(2)27-17(3)31/h12-13,16,18-19H,6-11,14H2,1-5H3,(H,27,31)/t16-,18+/m0/s1. The fraction of sp³-hybridized carbons (Fsp3) is 0.600. The minimum atomic E-state index is -0.300. The van der Waals surface area contributed by atoms with E-state index in [1.54, 1.807) is 0 Å². The zero-order valence-corrected chi connectivity index (χ0v) is 20.3. The van der Waals surface area contributed by atoms with Crippen LogP contribution in [0.2, 0.25) is 0 Å². The van der Waals surface area contributed by atoms with E-state index in [4.69, 9.17) is 4.74 Å². The molecular formula is C25H35FN4O3. The molecule has 0 unspecified atom stereocenters. The van der Waals surface area contributed by atoms with Crippen LogP contribution in [0.3, 0.4) is 0 Å². The van der Waals surface area contributed by atoms with E-state index in [2.05, 4.69) is 10.2 Å². The van der Waals surface area contributed by atoms with Crippen LogP contribution in [0.15, 0.2) is 16.9 Å². The highest BCUT2D eigenvalue weighted by molar-refractivity contribution is 5.92. The lowest BCUT2D eigenvalue weighted by Crippen LogP contribution is -2.38. The maximum absolute atomic E-state index is 15.6. The number of anilines is 1. The molecule has 7 nitrogen and oxygen atoms in total. The van der Waals surface area contributed by atoms with Crippen LogP contribution in [-0.4, -0.2) is 61.8 Å². The second-order valence-corrected chi connectivity index (χ2v) is 9.81. The summed E-state index contributed by atoms with van der Waals surface area (Å²) >= 11 is 0. The highest BCUT2D eigenvalue weighted by atomic mass is 19.1. The minimum absolute atomic E-state index is 0.0256. The molecule has 0 radical (unpaired) electrons. The number of ether oxygens (including phenoxy) is 1. The van der Waals surface area contributed by atoms with Crippen molar-refractivity contribution in [3.63, 3.8) is 0 Å². The number of aromatic nitrogens is 1. The summed E-state index contributed by atoms with van der Waals surface area (Å²) in [7, 11) is 3.91. The number of hydrogen-bond donors (Lipinski definition) is 1. The SMILES string of the molecule is CC(=O)N[C@@H](C)[C@@H]1CCN(c2c(F)cc3c(OCCN(C)C)cc(=O)n(C4CC4)c3c2C)C1. The van der Waals surface area contributed by atoms with Gasteiger partial charge in [-0.2, -0.15) is 0 Å². The molecule has 1 saturated heterocycles. The average molecular weight is 459 g/mol.